The van der Waals surface area contributed by atoms with E-state index in [0.717, 1.165) is 12.3 Å². The number of likely N-dealkylation sites (N-methyl/N-ethyl adjacent to an activating group) is 2. The molecule has 2 atom stereocenters. The van der Waals surface area contributed by atoms with Gasteiger partial charge in [-0.3, -0.25) is 9.80 Å². The van der Waals surface area contributed by atoms with Crippen LogP contribution in [0.2, 0.25) is 0 Å². The molecular weight excluding hydrogens is 276 g/mol. The molecule has 4 nitrogen and oxygen atoms in total. The molecule has 0 aliphatic rings. The summed E-state index contributed by atoms with van der Waals surface area (Å²) in [6, 6.07) is 8.43. The lowest BCUT2D eigenvalue weighted by Crippen LogP contribution is -2.51. The lowest BCUT2D eigenvalue weighted by atomic mass is 10.0. The van der Waals surface area contributed by atoms with E-state index in [1.54, 1.807) is 7.11 Å². The van der Waals surface area contributed by atoms with E-state index in [0.29, 0.717) is 0 Å². The zero-order chi connectivity index (χ0) is 16.9. The summed E-state index contributed by atoms with van der Waals surface area (Å²) in [5.74, 6) is 0.909. The Hall–Kier alpha value is -1.10. The number of aliphatic hydroxyl groups excluding tert-OH is 1. The Labute approximate surface area is 135 Å². The van der Waals surface area contributed by atoms with Crippen molar-refractivity contribution in [3.8, 4) is 5.75 Å². The number of rotatable bonds is 7. The maximum absolute atomic E-state index is 9.77. The molecule has 0 heterocycles. The predicted octanol–water partition coefficient (Wildman–Crippen LogP) is 2.78. The minimum Gasteiger partial charge on any atom is -0.496 e. The molecular formula is C18H32N2O2. The third-order valence-electron chi connectivity index (χ3n) is 4.57. The molecule has 0 bridgehead atoms. The number of aliphatic hydroxyl groups is 1. The van der Waals surface area contributed by atoms with Crippen molar-refractivity contribution in [1.29, 1.82) is 0 Å². The van der Waals surface area contributed by atoms with Gasteiger partial charge in [-0.15, -0.1) is 0 Å². The second-order valence-corrected chi connectivity index (χ2v) is 6.98. The number of benzene rings is 1. The maximum atomic E-state index is 9.77. The first kappa shape index (κ1) is 18.9. The highest BCUT2D eigenvalue weighted by Gasteiger charge is 2.27. The van der Waals surface area contributed by atoms with Gasteiger partial charge in [0.2, 0.25) is 0 Å². The van der Waals surface area contributed by atoms with Crippen LogP contribution in [-0.4, -0.2) is 60.8 Å². The van der Waals surface area contributed by atoms with Crippen LogP contribution >= 0.6 is 0 Å². The van der Waals surface area contributed by atoms with E-state index >= 15 is 0 Å². The number of para-hydroxylation sites is 1. The van der Waals surface area contributed by atoms with Gasteiger partial charge >= 0.3 is 0 Å². The van der Waals surface area contributed by atoms with E-state index in [2.05, 4.69) is 57.7 Å². The van der Waals surface area contributed by atoms with Crippen LogP contribution in [0.4, 0.5) is 0 Å². The molecule has 0 amide bonds. The van der Waals surface area contributed by atoms with Gasteiger partial charge in [-0.25, -0.2) is 0 Å². The average molecular weight is 308 g/mol. The molecule has 0 aliphatic heterocycles. The predicted molar refractivity (Wildman–Crippen MR) is 92.4 cm³/mol. The highest BCUT2D eigenvalue weighted by atomic mass is 16.5. The summed E-state index contributed by atoms with van der Waals surface area (Å²) in [5, 5.41) is 9.77. The molecule has 0 aromatic heterocycles. The van der Waals surface area contributed by atoms with Crippen LogP contribution in [0, 0.1) is 0 Å². The van der Waals surface area contributed by atoms with Gasteiger partial charge in [0.15, 0.2) is 0 Å². The molecule has 1 rings (SSSR count). The fourth-order valence-corrected chi connectivity index (χ4v) is 2.59. The van der Waals surface area contributed by atoms with Crippen LogP contribution in [0.5, 0.6) is 5.75 Å². The van der Waals surface area contributed by atoms with Crippen molar-refractivity contribution in [3.63, 3.8) is 0 Å². The van der Waals surface area contributed by atoms with Gasteiger partial charge in [0.05, 0.1) is 13.7 Å². The number of hydrogen-bond donors (Lipinski definition) is 1. The van der Waals surface area contributed by atoms with Crippen LogP contribution in [-0.2, 0) is 0 Å². The van der Waals surface area contributed by atoms with E-state index in [1.165, 1.54) is 5.56 Å². The van der Waals surface area contributed by atoms with Crippen LogP contribution in [0.15, 0.2) is 24.3 Å². The fraction of sp³-hybridized carbons (Fsp3) is 0.667. The van der Waals surface area contributed by atoms with E-state index in [-0.39, 0.29) is 24.2 Å². The summed E-state index contributed by atoms with van der Waals surface area (Å²) >= 11 is 0. The summed E-state index contributed by atoms with van der Waals surface area (Å²) in [7, 11) is 5.87. The largest absolute Gasteiger partial charge is 0.496 e. The molecule has 22 heavy (non-hydrogen) atoms. The normalized spacial score (nSPS) is 15.2. The molecule has 126 valence electrons. The first-order valence-corrected chi connectivity index (χ1v) is 7.89. The molecule has 1 aromatic rings. The molecule has 0 saturated heterocycles. The van der Waals surface area contributed by atoms with Crippen molar-refractivity contribution in [1.82, 2.24) is 9.80 Å². The lowest BCUT2D eigenvalue weighted by molar-refractivity contribution is 0.0452. The zero-order valence-electron chi connectivity index (χ0n) is 15.1. The SMILES string of the molecule is COc1ccccc1[C@H](C)N(C)C[C@H](CO)N(C)C(C)(C)C. The fourth-order valence-electron chi connectivity index (χ4n) is 2.59. The first-order chi connectivity index (χ1) is 10.2. The topological polar surface area (TPSA) is 35.9 Å². The van der Waals surface area contributed by atoms with Gasteiger partial charge in [0, 0.05) is 29.7 Å². The Morgan fingerprint density at radius 2 is 1.77 bits per heavy atom. The van der Waals surface area contributed by atoms with Crippen molar-refractivity contribution in [2.75, 3.05) is 34.4 Å². The van der Waals surface area contributed by atoms with E-state index in [1.807, 2.05) is 18.2 Å². The highest BCUT2D eigenvalue weighted by Crippen LogP contribution is 2.28. The van der Waals surface area contributed by atoms with Crippen LogP contribution in [0.1, 0.15) is 39.3 Å². The van der Waals surface area contributed by atoms with Gasteiger partial charge in [-0.2, -0.15) is 0 Å². The molecule has 0 saturated carbocycles. The third-order valence-corrected chi connectivity index (χ3v) is 4.57. The van der Waals surface area contributed by atoms with E-state index in [4.69, 9.17) is 4.74 Å². The van der Waals surface area contributed by atoms with Crippen LogP contribution in [0.3, 0.4) is 0 Å². The van der Waals surface area contributed by atoms with Crippen LogP contribution < -0.4 is 4.74 Å². The van der Waals surface area contributed by atoms with Gasteiger partial charge in [0.25, 0.3) is 0 Å². The second kappa shape index (κ2) is 7.95. The van der Waals surface area contributed by atoms with Crippen LogP contribution in [0.25, 0.3) is 0 Å². The lowest BCUT2D eigenvalue weighted by Gasteiger charge is -2.40. The monoisotopic (exact) mass is 308 g/mol. The molecule has 0 radical (unpaired) electrons. The van der Waals surface area contributed by atoms with E-state index in [9.17, 15) is 5.11 Å². The second-order valence-electron chi connectivity index (χ2n) is 6.98. The molecule has 0 unspecified atom stereocenters. The number of methoxy groups -OCH3 is 1. The number of ether oxygens (including phenoxy) is 1. The average Bonchev–Trinajstić information content (AvgIpc) is 2.49. The molecule has 1 N–H and O–H groups in total. The van der Waals surface area contributed by atoms with Gasteiger partial charge < -0.3 is 9.84 Å². The minimum atomic E-state index is 0.0297. The molecule has 4 heteroatoms. The van der Waals surface area contributed by atoms with Crippen molar-refractivity contribution < 1.29 is 9.84 Å². The Morgan fingerprint density at radius 3 is 2.27 bits per heavy atom. The number of nitrogens with zero attached hydrogens (tertiary/aromatic N) is 2. The zero-order valence-corrected chi connectivity index (χ0v) is 15.1. The maximum Gasteiger partial charge on any atom is 0.123 e. The standard InChI is InChI=1S/C18H32N2O2/c1-14(16-10-8-9-11-17(16)22-7)19(5)12-15(13-21)20(6)18(2,3)4/h8-11,14-15,21H,12-13H2,1-7H3/t14-,15+/m0/s1. The summed E-state index contributed by atoms with van der Waals surface area (Å²) in [6.45, 7) is 9.61. The molecule has 0 aliphatic carbocycles. The van der Waals surface area contributed by atoms with E-state index < -0.39 is 0 Å². The van der Waals surface area contributed by atoms with Crippen molar-refractivity contribution in [2.24, 2.45) is 0 Å². The van der Waals surface area contributed by atoms with Gasteiger partial charge in [0.1, 0.15) is 5.75 Å². The first-order valence-electron chi connectivity index (χ1n) is 7.89. The Kier molecular flexibility index (Phi) is 6.85. The Morgan fingerprint density at radius 1 is 1.18 bits per heavy atom. The summed E-state index contributed by atoms with van der Waals surface area (Å²) < 4.78 is 5.46. The van der Waals surface area contributed by atoms with Crippen molar-refractivity contribution in [2.45, 2.75) is 45.3 Å². The molecule has 0 fully saturated rings. The summed E-state index contributed by atoms with van der Waals surface area (Å²) in [6.07, 6.45) is 0. The Balaban J connectivity index is 2.84. The highest BCUT2D eigenvalue weighted by molar-refractivity contribution is 5.35. The quantitative estimate of drug-likeness (QED) is 0.840. The molecule has 0 spiro atoms. The smallest absolute Gasteiger partial charge is 0.123 e. The summed E-state index contributed by atoms with van der Waals surface area (Å²) in [4.78, 5) is 4.50. The van der Waals surface area contributed by atoms with Crippen molar-refractivity contribution >= 4 is 0 Å². The van der Waals surface area contributed by atoms with Crippen molar-refractivity contribution in [3.05, 3.63) is 29.8 Å². The third kappa shape index (κ3) is 4.70. The molecule has 1 aromatic carbocycles. The number of hydrogen-bond acceptors (Lipinski definition) is 4. The summed E-state index contributed by atoms with van der Waals surface area (Å²) in [5.41, 5.74) is 1.20. The minimum absolute atomic E-state index is 0.0297. The Bertz CT molecular complexity index is 457. The van der Waals surface area contributed by atoms with Gasteiger partial charge in [-0.05, 0) is 47.9 Å². The van der Waals surface area contributed by atoms with Gasteiger partial charge in [-0.1, -0.05) is 18.2 Å².